The van der Waals surface area contributed by atoms with Gasteiger partial charge in [0.1, 0.15) is 5.82 Å². The Morgan fingerprint density at radius 1 is 1.37 bits per heavy atom. The number of hydrogen-bond donors (Lipinski definition) is 2. The summed E-state index contributed by atoms with van der Waals surface area (Å²) in [6, 6.07) is 3.77. The molecule has 0 radical (unpaired) electrons. The monoisotopic (exact) mass is 279 g/mol. The van der Waals surface area contributed by atoms with Crippen molar-refractivity contribution in [3.05, 3.63) is 34.7 Å². The van der Waals surface area contributed by atoms with Gasteiger partial charge in [-0.3, -0.25) is 4.68 Å². The molecule has 0 saturated heterocycles. The van der Waals surface area contributed by atoms with Crippen molar-refractivity contribution in [3.63, 3.8) is 0 Å². The van der Waals surface area contributed by atoms with Crippen LogP contribution in [0.4, 0.5) is 11.5 Å². The van der Waals surface area contributed by atoms with Crippen LogP contribution in [0.25, 0.3) is 0 Å². The molecule has 0 aromatic carbocycles. The van der Waals surface area contributed by atoms with Gasteiger partial charge in [-0.1, -0.05) is 11.6 Å². The lowest BCUT2D eigenvalue weighted by Gasteiger charge is -2.08. The Balaban J connectivity index is 1.82. The summed E-state index contributed by atoms with van der Waals surface area (Å²) in [6.07, 6.45) is 2.54. The second-order valence-electron chi connectivity index (χ2n) is 4.53. The lowest BCUT2D eigenvalue weighted by molar-refractivity contribution is 0.573. The van der Waals surface area contributed by atoms with E-state index in [9.17, 15) is 0 Å². The van der Waals surface area contributed by atoms with Crippen LogP contribution in [0.5, 0.6) is 0 Å². The maximum atomic E-state index is 6.03. The van der Waals surface area contributed by atoms with Gasteiger partial charge in [0.25, 0.3) is 0 Å². The highest BCUT2D eigenvalue weighted by Crippen LogP contribution is 2.20. The van der Waals surface area contributed by atoms with E-state index in [2.05, 4.69) is 28.4 Å². The van der Waals surface area contributed by atoms with E-state index in [0.29, 0.717) is 16.5 Å². The van der Waals surface area contributed by atoms with Crippen LogP contribution in [-0.4, -0.2) is 21.3 Å². The first-order valence-corrected chi connectivity index (χ1v) is 6.60. The number of nitrogens with zero attached hydrogens (tertiary/aromatic N) is 3. The van der Waals surface area contributed by atoms with Gasteiger partial charge in [-0.25, -0.2) is 4.98 Å². The summed E-state index contributed by atoms with van der Waals surface area (Å²) in [5.41, 5.74) is 8.39. The molecule has 3 N–H and O–H groups in total. The number of nitrogen functional groups attached to an aromatic ring is 1. The van der Waals surface area contributed by atoms with Gasteiger partial charge in [0.15, 0.2) is 0 Å². The van der Waals surface area contributed by atoms with Crippen LogP contribution in [-0.2, 0) is 6.54 Å². The molecule has 0 aliphatic rings. The fraction of sp³-hybridized carbons (Fsp3) is 0.385. The Labute approximate surface area is 117 Å². The summed E-state index contributed by atoms with van der Waals surface area (Å²) in [6.45, 7) is 5.72. The van der Waals surface area contributed by atoms with Gasteiger partial charge in [-0.15, -0.1) is 0 Å². The molecule has 0 aliphatic heterocycles. The molecule has 0 spiro atoms. The van der Waals surface area contributed by atoms with Crippen LogP contribution < -0.4 is 11.1 Å². The van der Waals surface area contributed by atoms with Gasteiger partial charge >= 0.3 is 0 Å². The van der Waals surface area contributed by atoms with E-state index in [0.717, 1.165) is 25.2 Å². The van der Waals surface area contributed by atoms with Crippen LogP contribution in [0.3, 0.4) is 0 Å². The number of aromatic nitrogens is 3. The number of aryl methyl sites for hydroxylation is 3. The lowest BCUT2D eigenvalue weighted by Crippen LogP contribution is -2.10. The number of pyridine rings is 1. The summed E-state index contributed by atoms with van der Waals surface area (Å²) in [4.78, 5) is 4.15. The first-order chi connectivity index (χ1) is 9.06. The summed E-state index contributed by atoms with van der Waals surface area (Å²) in [7, 11) is 0. The van der Waals surface area contributed by atoms with Gasteiger partial charge in [-0.05, 0) is 32.4 Å². The molecule has 6 heteroatoms. The quantitative estimate of drug-likeness (QED) is 0.826. The topological polar surface area (TPSA) is 68.8 Å². The van der Waals surface area contributed by atoms with Crippen LogP contribution in [0.15, 0.2) is 18.3 Å². The molecule has 2 rings (SSSR count). The molecule has 19 heavy (non-hydrogen) atoms. The number of halogens is 1. The molecule has 5 nitrogen and oxygen atoms in total. The lowest BCUT2D eigenvalue weighted by atomic mass is 10.3. The van der Waals surface area contributed by atoms with E-state index in [1.807, 2.05) is 11.6 Å². The van der Waals surface area contributed by atoms with Crippen molar-refractivity contribution in [2.75, 3.05) is 17.6 Å². The van der Waals surface area contributed by atoms with Crippen LogP contribution in [0.2, 0.25) is 5.02 Å². The zero-order chi connectivity index (χ0) is 13.8. The Hall–Kier alpha value is -1.75. The predicted molar refractivity (Wildman–Crippen MR) is 78.5 cm³/mol. The number of hydrogen-bond acceptors (Lipinski definition) is 4. The third-order valence-electron chi connectivity index (χ3n) is 2.80. The highest BCUT2D eigenvalue weighted by molar-refractivity contribution is 6.33. The molecular weight excluding hydrogens is 262 g/mol. The molecule has 2 aromatic rings. The van der Waals surface area contributed by atoms with E-state index in [1.54, 1.807) is 12.3 Å². The zero-order valence-electron chi connectivity index (χ0n) is 11.2. The molecule has 0 aliphatic carbocycles. The molecule has 2 aromatic heterocycles. The maximum Gasteiger partial charge on any atom is 0.144 e. The van der Waals surface area contributed by atoms with Crippen LogP contribution in [0, 0.1) is 13.8 Å². The summed E-state index contributed by atoms with van der Waals surface area (Å²) in [5, 5.41) is 8.16. The minimum absolute atomic E-state index is 0.547. The number of nitrogens with two attached hydrogens (primary N) is 1. The Morgan fingerprint density at radius 2 is 2.16 bits per heavy atom. The van der Waals surface area contributed by atoms with Crippen molar-refractivity contribution in [2.45, 2.75) is 26.8 Å². The molecule has 0 fully saturated rings. The third-order valence-corrected chi connectivity index (χ3v) is 3.09. The van der Waals surface area contributed by atoms with Crippen molar-refractivity contribution in [1.29, 1.82) is 0 Å². The number of rotatable bonds is 5. The number of nitrogens with one attached hydrogen (secondary N) is 1. The van der Waals surface area contributed by atoms with Crippen LogP contribution >= 0.6 is 11.6 Å². The van der Waals surface area contributed by atoms with Gasteiger partial charge in [0.05, 0.1) is 22.6 Å². The van der Waals surface area contributed by atoms with E-state index in [-0.39, 0.29) is 0 Å². The maximum absolute atomic E-state index is 6.03. The van der Waals surface area contributed by atoms with Crippen molar-refractivity contribution in [2.24, 2.45) is 0 Å². The van der Waals surface area contributed by atoms with Gasteiger partial charge in [-0.2, -0.15) is 5.10 Å². The van der Waals surface area contributed by atoms with E-state index in [4.69, 9.17) is 17.3 Å². The van der Waals surface area contributed by atoms with Crippen molar-refractivity contribution in [3.8, 4) is 0 Å². The smallest absolute Gasteiger partial charge is 0.144 e. The van der Waals surface area contributed by atoms with Crippen LogP contribution in [0.1, 0.15) is 17.8 Å². The molecule has 102 valence electrons. The van der Waals surface area contributed by atoms with Crippen molar-refractivity contribution >= 4 is 23.1 Å². The summed E-state index contributed by atoms with van der Waals surface area (Å²) < 4.78 is 2.01. The highest BCUT2D eigenvalue weighted by Gasteiger charge is 2.03. The average molecular weight is 280 g/mol. The molecule has 0 amide bonds. The Bertz CT molecular complexity index is 564. The third kappa shape index (κ3) is 3.61. The molecule has 0 unspecified atom stereocenters. The number of anilines is 2. The minimum Gasteiger partial charge on any atom is -0.397 e. The van der Waals surface area contributed by atoms with E-state index in [1.165, 1.54) is 5.69 Å². The summed E-state index contributed by atoms with van der Waals surface area (Å²) >= 11 is 6.03. The Kier molecular flexibility index (Phi) is 4.27. The van der Waals surface area contributed by atoms with Gasteiger partial charge < -0.3 is 11.1 Å². The first kappa shape index (κ1) is 13.7. The minimum atomic E-state index is 0.547. The standard InChI is InChI=1S/C13H18ClN5/c1-9-6-10(2)19(18-9)5-3-4-16-13-12(14)7-11(15)8-17-13/h6-8H,3-5,15H2,1-2H3,(H,16,17). The average Bonchev–Trinajstić information content (AvgIpc) is 2.65. The summed E-state index contributed by atoms with van der Waals surface area (Å²) in [5.74, 6) is 0.671. The predicted octanol–water partition coefficient (Wildman–Crippen LogP) is 2.63. The second kappa shape index (κ2) is 5.93. The van der Waals surface area contributed by atoms with Gasteiger partial charge in [0, 0.05) is 18.8 Å². The molecule has 0 atom stereocenters. The largest absolute Gasteiger partial charge is 0.397 e. The second-order valence-corrected chi connectivity index (χ2v) is 4.94. The van der Waals surface area contributed by atoms with Crippen molar-refractivity contribution in [1.82, 2.24) is 14.8 Å². The molecule has 2 heterocycles. The van der Waals surface area contributed by atoms with E-state index < -0.39 is 0 Å². The Morgan fingerprint density at radius 3 is 2.79 bits per heavy atom. The molecule has 0 saturated carbocycles. The van der Waals surface area contributed by atoms with Gasteiger partial charge in [0.2, 0.25) is 0 Å². The van der Waals surface area contributed by atoms with Crippen molar-refractivity contribution < 1.29 is 0 Å². The normalized spacial score (nSPS) is 10.7. The van der Waals surface area contributed by atoms with E-state index >= 15 is 0 Å². The zero-order valence-corrected chi connectivity index (χ0v) is 11.9. The fourth-order valence-corrected chi connectivity index (χ4v) is 2.16. The highest BCUT2D eigenvalue weighted by atomic mass is 35.5. The molecular formula is C13H18ClN5. The molecule has 0 bridgehead atoms. The first-order valence-electron chi connectivity index (χ1n) is 6.22. The SMILES string of the molecule is Cc1cc(C)n(CCCNc2ncc(N)cc2Cl)n1. The fourth-order valence-electron chi connectivity index (χ4n) is 1.92.